The molecule has 0 radical (unpaired) electrons. The summed E-state index contributed by atoms with van der Waals surface area (Å²) in [4.78, 5) is 20.8. The fourth-order valence-corrected chi connectivity index (χ4v) is 0.490. The van der Waals surface area contributed by atoms with Gasteiger partial charge in [-0.25, -0.2) is 5.48 Å². The molecule has 0 atom stereocenters. The van der Waals surface area contributed by atoms with Gasteiger partial charge in [0.05, 0.1) is 6.10 Å². The first-order valence-corrected chi connectivity index (χ1v) is 4.57. The minimum absolute atomic E-state index is 0.167. The lowest BCUT2D eigenvalue weighted by molar-refractivity contribution is -0.129. The van der Waals surface area contributed by atoms with Gasteiger partial charge in [0.2, 0.25) is 5.71 Å². The lowest BCUT2D eigenvalue weighted by Crippen LogP contribution is -2.32. The number of nitrogens with zero attached hydrogens (tertiary/aromatic N) is 2. The normalized spacial score (nSPS) is 11.4. The Hall–Kier alpha value is -1.61. The number of rotatable bonds is 5. The van der Waals surface area contributed by atoms with Gasteiger partial charge < -0.3 is 4.84 Å². The van der Waals surface area contributed by atoms with Gasteiger partial charge in [0.1, 0.15) is 12.2 Å². The largest absolute Gasteiger partial charge is 0.392 e. The van der Waals surface area contributed by atoms with Gasteiger partial charge in [-0.05, 0) is 27.7 Å². The van der Waals surface area contributed by atoms with E-state index >= 15 is 0 Å². The van der Waals surface area contributed by atoms with E-state index in [2.05, 4.69) is 10.6 Å². The van der Waals surface area contributed by atoms with E-state index in [1.165, 1.54) is 0 Å². The minimum atomic E-state index is -0.716. The summed E-state index contributed by atoms with van der Waals surface area (Å²) in [6.45, 7) is 6.96. The number of hydrogen-bond acceptors (Lipinski definition) is 5. The number of hydroxylamine groups is 1. The molecular weight excluding hydrogens is 198 g/mol. The Bertz CT molecular complexity index is 279. The van der Waals surface area contributed by atoms with E-state index in [0.717, 1.165) is 0 Å². The van der Waals surface area contributed by atoms with Crippen LogP contribution in [0.5, 0.6) is 0 Å². The zero-order valence-electron chi connectivity index (χ0n) is 9.27. The Morgan fingerprint density at radius 2 is 1.93 bits per heavy atom. The van der Waals surface area contributed by atoms with Gasteiger partial charge in [0, 0.05) is 0 Å². The Kier molecular flexibility index (Phi) is 6.06. The summed E-state index contributed by atoms with van der Waals surface area (Å²) in [6.07, 6.45) is -0.355. The summed E-state index contributed by atoms with van der Waals surface area (Å²) in [6, 6.07) is 1.61. The fourth-order valence-electron chi connectivity index (χ4n) is 0.490. The first-order chi connectivity index (χ1) is 6.97. The van der Waals surface area contributed by atoms with Crippen LogP contribution in [0.15, 0.2) is 5.16 Å². The molecule has 6 heteroatoms. The van der Waals surface area contributed by atoms with Gasteiger partial charge in [-0.3, -0.25) is 9.63 Å². The zero-order chi connectivity index (χ0) is 11.8. The number of carbonyl (C=O) groups is 1. The molecule has 0 saturated carbocycles. The quantitative estimate of drug-likeness (QED) is 0.539. The highest BCUT2D eigenvalue weighted by Crippen LogP contribution is 1.90. The number of hydrogen-bond donors (Lipinski definition) is 1. The maximum atomic E-state index is 11.2. The SMILES string of the molecule is CC(C)O/N=C(\C#N)C(=O)NOC(C)C. The van der Waals surface area contributed by atoms with Crippen molar-refractivity contribution in [2.45, 2.75) is 39.9 Å². The average molecular weight is 213 g/mol. The van der Waals surface area contributed by atoms with Crippen LogP contribution in [0.1, 0.15) is 27.7 Å². The molecule has 0 aliphatic carbocycles. The second kappa shape index (κ2) is 6.79. The Balaban J connectivity index is 4.24. The molecule has 1 amide bonds. The summed E-state index contributed by atoms with van der Waals surface area (Å²) in [7, 11) is 0. The minimum Gasteiger partial charge on any atom is -0.392 e. The predicted molar refractivity (Wildman–Crippen MR) is 53.6 cm³/mol. The molecule has 0 aliphatic rings. The van der Waals surface area contributed by atoms with E-state index in [9.17, 15) is 4.79 Å². The highest BCUT2D eigenvalue weighted by atomic mass is 16.7. The van der Waals surface area contributed by atoms with Crippen molar-refractivity contribution in [2.75, 3.05) is 0 Å². The monoisotopic (exact) mass is 213 g/mol. The highest BCUT2D eigenvalue weighted by molar-refractivity contribution is 6.44. The summed E-state index contributed by atoms with van der Waals surface area (Å²) in [5.41, 5.74) is 1.71. The smallest absolute Gasteiger partial charge is 0.307 e. The first-order valence-electron chi connectivity index (χ1n) is 4.57. The van der Waals surface area contributed by atoms with E-state index in [1.54, 1.807) is 33.8 Å². The van der Waals surface area contributed by atoms with Gasteiger partial charge in [0.15, 0.2) is 0 Å². The van der Waals surface area contributed by atoms with Crippen LogP contribution in [0.2, 0.25) is 0 Å². The summed E-state index contributed by atoms with van der Waals surface area (Å²) < 4.78 is 0. The summed E-state index contributed by atoms with van der Waals surface area (Å²) in [5, 5.41) is 12.0. The third-order valence-electron chi connectivity index (χ3n) is 1.06. The number of nitrogens with one attached hydrogen (secondary N) is 1. The molecule has 0 aromatic rings. The van der Waals surface area contributed by atoms with Crippen LogP contribution in [-0.4, -0.2) is 23.8 Å². The molecule has 15 heavy (non-hydrogen) atoms. The number of carbonyl (C=O) groups excluding carboxylic acids is 1. The van der Waals surface area contributed by atoms with Crippen LogP contribution in [0.25, 0.3) is 0 Å². The van der Waals surface area contributed by atoms with Crippen molar-refractivity contribution in [1.29, 1.82) is 5.26 Å². The van der Waals surface area contributed by atoms with Crippen molar-refractivity contribution >= 4 is 11.6 Å². The molecule has 0 unspecified atom stereocenters. The van der Waals surface area contributed by atoms with Crippen molar-refractivity contribution in [3.8, 4) is 6.07 Å². The Morgan fingerprint density at radius 3 is 2.33 bits per heavy atom. The van der Waals surface area contributed by atoms with Gasteiger partial charge in [-0.1, -0.05) is 5.16 Å². The average Bonchev–Trinajstić information content (AvgIpc) is 2.15. The van der Waals surface area contributed by atoms with E-state index in [4.69, 9.17) is 14.9 Å². The number of nitriles is 1. The molecule has 0 saturated heterocycles. The molecule has 0 heterocycles. The van der Waals surface area contributed by atoms with Crippen LogP contribution in [0.4, 0.5) is 0 Å². The lowest BCUT2D eigenvalue weighted by Gasteiger charge is -2.07. The lowest BCUT2D eigenvalue weighted by atomic mass is 10.4. The molecule has 0 rings (SSSR count). The Morgan fingerprint density at radius 1 is 1.33 bits per heavy atom. The number of oxime groups is 1. The van der Waals surface area contributed by atoms with Crippen LogP contribution < -0.4 is 5.48 Å². The molecule has 0 bridgehead atoms. The van der Waals surface area contributed by atoms with Crippen molar-refractivity contribution in [3.63, 3.8) is 0 Å². The molecule has 6 nitrogen and oxygen atoms in total. The van der Waals surface area contributed by atoms with Gasteiger partial charge in [-0.15, -0.1) is 0 Å². The van der Waals surface area contributed by atoms with Gasteiger partial charge >= 0.3 is 5.91 Å². The molecule has 1 N–H and O–H groups in total. The molecule has 84 valence electrons. The van der Waals surface area contributed by atoms with Crippen LogP contribution >= 0.6 is 0 Å². The molecule has 0 spiro atoms. The second-order valence-electron chi connectivity index (χ2n) is 3.30. The zero-order valence-corrected chi connectivity index (χ0v) is 9.27. The predicted octanol–water partition coefficient (Wildman–Crippen LogP) is 0.747. The maximum absolute atomic E-state index is 11.2. The molecule has 0 fully saturated rings. The highest BCUT2D eigenvalue weighted by Gasteiger charge is 2.12. The van der Waals surface area contributed by atoms with E-state index in [-0.39, 0.29) is 17.9 Å². The van der Waals surface area contributed by atoms with Gasteiger partial charge in [-0.2, -0.15) is 5.26 Å². The topological polar surface area (TPSA) is 83.7 Å². The molecular formula is C9H15N3O3. The third-order valence-corrected chi connectivity index (χ3v) is 1.06. The first kappa shape index (κ1) is 13.4. The maximum Gasteiger partial charge on any atom is 0.307 e. The van der Waals surface area contributed by atoms with Crippen molar-refractivity contribution in [1.82, 2.24) is 5.48 Å². The van der Waals surface area contributed by atoms with E-state index in [1.807, 2.05) is 0 Å². The van der Waals surface area contributed by atoms with Crippen LogP contribution in [-0.2, 0) is 14.5 Å². The summed E-state index contributed by atoms with van der Waals surface area (Å²) >= 11 is 0. The van der Waals surface area contributed by atoms with Crippen molar-refractivity contribution in [3.05, 3.63) is 0 Å². The van der Waals surface area contributed by atoms with Crippen LogP contribution in [0, 0.1) is 11.3 Å². The molecule has 0 aromatic carbocycles. The van der Waals surface area contributed by atoms with E-state index < -0.39 is 5.91 Å². The second-order valence-corrected chi connectivity index (χ2v) is 3.30. The van der Waals surface area contributed by atoms with E-state index in [0.29, 0.717) is 0 Å². The van der Waals surface area contributed by atoms with Crippen molar-refractivity contribution < 1.29 is 14.5 Å². The number of amides is 1. The van der Waals surface area contributed by atoms with Gasteiger partial charge in [0.25, 0.3) is 0 Å². The Labute approximate surface area is 88.8 Å². The summed E-state index contributed by atoms with van der Waals surface area (Å²) in [5.74, 6) is -0.716. The standard InChI is InChI=1S/C9H15N3O3/c1-6(2)14-11-8(5-10)9(13)12-15-7(3)4/h6-7H,1-4H3,(H,12,13)/b11-8+. The van der Waals surface area contributed by atoms with Crippen LogP contribution in [0.3, 0.4) is 0 Å². The van der Waals surface area contributed by atoms with Crippen molar-refractivity contribution in [2.24, 2.45) is 5.16 Å². The molecule has 0 aliphatic heterocycles. The third kappa shape index (κ3) is 6.46. The fraction of sp³-hybridized carbons (Fsp3) is 0.667. The molecule has 0 aromatic heterocycles.